The van der Waals surface area contributed by atoms with Gasteiger partial charge in [-0.3, -0.25) is 4.79 Å². The highest BCUT2D eigenvalue weighted by Crippen LogP contribution is 2.45. The van der Waals surface area contributed by atoms with Crippen LogP contribution in [0.2, 0.25) is 0 Å². The average Bonchev–Trinajstić information content (AvgIpc) is 1.94. The Labute approximate surface area is 100 Å². The van der Waals surface area contributed by atoms with Crippen molar-refractivity contribution in [3.63, 3.8) is 0 Å². The van der Waals surface area contributed by atoms with Crippen molar-refractivity contribution in [1.82, 2.24) is 0 Å². The molecule has 16 heavy (non-hydrogen) atoms. The van der Waals surface area contributed by atoms with Crippen LogP contribution >= 0.6 is 0 Å². The topological polar surface area (TPSA) is 37.3 Å². The Hall–Kier alpha value is -0.530. The van der Waals surface area contributed by atoms with Crippen molar-refractivity contribution in [1.29, 1.82) is 0 Å². The fraction of sp³-hybridized carbons (Fsp3) is 0.929. The number of hydrogen-bond acceptors (Lipinski definition) is 1. The van der Waals surface area contributed by atoms with Gasteiger partial charge in [-0.1, -0.05) is 48.5 Å². The number of carbonyl (C=O) groups is 1. The molecule has 1 N–H and O–H groups in total. The van der Waals surface area contributed by atoms with Crippen LogP contribution in [0.15, 0.2) is 0 Å². The van der Waals surface area contributed by atoms with Gasteiger partial charge in [-0.15, -0.1) is 0 Å². The molecule has 1 atom stereocenters. The quantitative estimate of drug-likeness (QED) is 0.766. The number of rotatable bonds is 5. The molecule has 0 unspecified atom stereocenters. The van der Waals surface area contributed by atoms with E-state index in [1.807, 2.05) is 0 Å². The van der Waals surface area contributed by atoms with Gasteiger partial charge in [0.05, 0.1) is 0 Å². The van der Waals surface area contributed by atoms with E-state index in [2.05, 4.69) is 48.5 Å². The highest BCUT2D eigenvalue weighted by atomic mass is 16.4. The summed E-state index contributed by atoms with van der Waals surface area (Å²) in [5, 5.41) is 9.04. The molecular weight excluding hydrogens is 200 g/mol. The zero-order chi connectivity index (χ0) is 13.1. The number of carboxylic acids is 1. The third-order valence-corrected chi connectivity index (χ3v) is 3.30. The summed E-state index contributed by atoms with van der Waals surface area (Å²) in [7, 11) is 0. The zero-order valence-corrected chi connectivity index (χ0v) is 11.9. The Bertz CT molecular complexity index is 234. The van der Waals surface area contributed by atoms with E-state index in [4.69, 9.17) is 5.11 Å². The molecule has 0 bridgehead atoms. The lowest BCUT2D eigenvalue weighted by molar-refractivity contribution is -0.141. The predicted octanol–water partition coefficient (Wildman–Crippen LogP) is 4.20. The molecule has 0 aliphatic heterocycles. The normalized spacial score (nSPS) is 15.2. The second-order valence-electron chi connectivity index (χ2n) is 7.10. The van der Waals surface area contributed by atoms with Crippen LogP contribution in [0.3, 0.4) is 0 Å². The van der Waals surface area contributed by atoms with Crippen LogP contribution in [0.5, 0.6) is 0 Å². The standard InChI is InChI=1S/C14H28O2/c1-10(2)9-14(6,7)11(8-12(15)16)13(3,4)5/h10-11H,8-9H2,1-7H3,(H,15,16)/t11-/m0/s1. The summed E-state index contributed by atoms with van der Waals surface area (Å²) in [6.07, 6.45) is 1.34. The van der Waals surface area contributed by atoms with Gasteiger partial charge in [0.15, 0.2) is 0 Å². The number of aliphatic carboxylic acids is 1. The van der Waals surface area contributed by atoms with E-state index in [0.29, 0.717) is 5.92 Å². The summed E-state index contributed by atoms with van der Waals surface area (Å²) in [4.78, 5) is 11.0. The molecule has 0 aliphatic rings. The third kappa shape index (κ3) is 5.00. The van der Waals surface area contributed by atoms with Crippen LogP contribution in [-0.2, 0) is 4.79 Å². The van der Waals surface area contributed by atoms with Gasteiger partial charge in [-0.25, -0.2) is 0 Å². The second kappa shape index (κ2) is 5.20. The lowest BCUT2D eigenvalue weighted by atomic mass is 9.62. The SMILES string of the molecule is CC(C)CC(C)(C)[C@@H](CC(=O)O)C(C)(C)C. The summed E-state index contributed by atoms with van der Waals surface area (Å²) in [6.45, 7) is 15.2. The highest BCUT2D eigenvalue weighted by molar-refractivity contribution is 5.67. The van der Waals surface area contributed by atoms with Crippen LogP contribution in [0.4, 0.5) is 0 Å². The molecule has 0 aliphatic carbocycles. The molecule has 0 rings (SSSR count). The van der Waals surface area contributed by atoms with E-state index >= 15 is 0 Å². The number of hydrogen-bond donors (Lipinski definition) is 1. The maximum absolute atomic E-state index is 11.0. The maximum atomic E-state index is 11.0. The minimum absolute atomic E-state index is 0.0385. The molecule has 0 heterocycles. The monoisotopic (exact) mass is 228 g/mol. The Kier molecular flexibility index (Phi) is 5.03. The van der Waals surface area contributed by atoms with Crippen LogP contribution in [-0.4, -0.2) is 11.1 Å². The zero-order valence-electron chi connectivity index (χ0n) is 11.9. The second-order valence-corrected chi connectivity index (χ2v) is 7.10. The molecule has 0 aromatic heterocycles. The van der Waals surface area contributed by atoms with Crippen LogP contribution in [0.1, 0.15) is 61.3 Å². The van der Waals surface area contributed by atoms with Gasteiger partial charge < -0.3 is 5.11 Å². The van der Waals surface area contributed by atoms with Gasteiger partial charge in [0.1, 0.15) is 0 Å². The van der Waals surface area contributed by atoms with E-state index in [1.165, 1.54) is 0 Å². The van der Waals surface area contributed by atoms with Crippen molar-refractivity contribution in [2.75, 3.05) is 0 Å². The molecule has 0 radical (unpaired) electrons. The molecule has 2 heteroatoms. The Morgan fingerprint density at radius 2 is 1.56 bits per heavy atom. The average molecular weight is 228 g/mol. The molecule has 0 aromatic rings. The molecule has 2 nitrogen and oxygen atoms in total. The van der Waals surface area contributed by atoms with Gasteiger partial charge in [-0.2, -0.15) is 0 Å². The van der Waals surface area contributed by atoms with Crippen molar-refractivity contribution in [3.05, 3.63) is 0 Å². The molecule has 96 valence electrons. The molecule has 0 aromatic carbocycles. The smallest absolute Gasteiger partial charge is 0.303 e. The van der Waals surface area contributed by atoms with Crippen molar-refractivity contribution in [2.45, 2.75) is 61.3 Å². The lowest BCUT2D eigenvalue weighted by Crippen LogP contribution is -2.37. The first-order chi connectivity index (χ1) is 6.97. The van der Waals surface area contributed by atoms with E-state index in [-0.39, 0.29) is 23.2 Å². The summed E-state index contributed by atoms with van der Waals surface area (Å²) in [6, 6.07) is 0. The van der Waals surface area contributed by atoms with Crippen LogP contribution in [0.25, 0.3) is 0 Å². The first-order valence-electron chi connectivity index (χ1n) is 6.18. The predicted molar refractivity (Wildman–Crippen MR) is 68.4 cm³/mol. The summed E-state index contributed by atoms with van der Waals surface area (Å²) >= 11 is 0. The Balaban J connectivity index is 4.94. The third-order valence-electron chi connectivity index (χ3n) is 3.30. The van der Waals surface area contributed by atoms with E-state index in [0.717, 1.165) is 6.42 Å². The summed E-state index contributed by atoms with van der Waals surface area (Å²) in [5.41, 5.74) is 0.113. The molecule has 0 fully saturated rings. The van der Waals surface area contributed by atoms with Crippen LogP contribution < -0.4 is 0 Å². The van der Waals surface area contributed by atoms with Gasteiger partial charge in [0, 0.05) is 6.42 Å². The molecular formula is C14H28O2. The first-order valence-corrected chi connectivity index (χ1v) is 6.18. The van der Waals surface area contributed by atoms with Gasteiger partial charge in [-0.05, 0) is 29.1 Å². The fourth-order valence-electron chi connectivity index (χ4n) is 3.12. The first kappa shape index (κ1) is 15.5. The summed E-state index contributed by atoms with van der Waals surface area (Å²) in [5.74, 6) is 0.130. The molecule has 0 spiro atoms. The van der Waals surface area contributed by atoms with Gasteiger partial charge >= 0.3 is 5.97 Å². The minimum atomic E-state index is -0.684. The molecule has 0 saturated carbocycles. The Morgan fingerprint density at radius 1 is 1.12 bits per heavy atom. The van der Waals surface area contributed by atoms with Crippen molar-refractivity contribution < 1.29 is 9.90 Å². The highest BCUT2D eigenvalue weighted by Gasteiger charge is 2.39. The lowest BCUT2D eigenvalue weighted by Gasteiger charge is -2.43. The van der Waals surface area contributed by atoms with Crippen molar-refractivity contribution >= 4 is 5.97 Å². The Morgan fingerprint density at radius 3 is 1.81 bits per heavy atom. The van der Waals surface area contributed by atoms with E-state index in [1.54, 1.807) is 0 Å². The largest absolute Gasteiger partial charge is 0.481 e. The van der Waals surface area contributed by atoms with Crippen LogP contribution in [0, 0.1) is 22.7 Å². The van der Waals surface area contributed by atoms with E-state index < -0.39 is 5.97 Å². The summed E-state index contributed by atoms with van der Waals surface area (Å²) < 4.78 is 0. The molecule has 0 saturated heterocycles. The van der Waals surface area contributed by atoms with Gasteiger partial charge in [0.2, 0.25) is 0 Å². The van der Waals surface area contributed by atoms with Crippen molar-refractivity contribution in [3.8, 4) is 0 Å². The number of carboxylic acid groups (broad SMARTS) is 1. The van der Waals surface area contributed by atoms with Crippen molar-refractivity contribution in [2.24, 2.45) is 22.7 Å². The molecule has 0 amide bonds. The fourth-order valence-corrected chi connectivity index (χ4v) is 3.12. The van der Waals surface area contributed by atoms with E-state index in [9.17, 15) is 4.79 Å². The minimum Gasteiger partial charge on any atom is -0.481 e. The van der Waals surface area contributed by atoms with Gasteiger partial charge in [0.25, 0.3) is 0 Å². The maximum Gasteiger partial charge on any atom is 0.303 e.